The average Bonchev–Trinajstić information content (AvgIpc) is 2.80. The van der Waals surface area contributed by atoms with Gasteiger partial charge in [0.05, 0.1) is 34.9 Å². The van der Waals surface area contributed by atoms with Gasteiger partial charge in [-0.05, 0) is 61.7 Å². The number of amides is 1. The van der Waals surface area contributed by atoms with Gasteiger partial charge in [-0.3, -0.25) is 4.90 Å². The minimum absolute atomic E-state index is 0.0255. The summed E-state index contributed by atoms with van der Waals surface area (Å²) in [5, 5.41) is 0. The molecule has 0 saturated heterocycles. The third-order valence-electron chi connectivity index (χ3n) is 6.21. The fourth-order valence-corrected chi connectivity index (χ4v) is 4.41. The standard InChI is InChI=1S/C24H20F11NO2/c1-3-16-11-18(17-10-12(22(27,28)29)5-6-19(17)36(16)20(37)38-4-2)21(25,26)13-7-14(23(30,31)32)9-15(8-13)24(33,34)35/h5-10,16,18H,3-4,11H2,1-2H3/t16-,18+/m1/s1. The zero-order chi connectivity index (χ0) is 28.8. The van der Waals surface area contributed by atoms with Crippen molar-refractivity contribution in [2.24, 2.45) is 0 Å². The van der Waals surface area contributed by atoms with Crippen LogP contribution in [0, 0.1) is 0 Å². The first-order valence-electron chi connectivity index (χ1n) is 11.2. The average molecular weight is 563 g/mol. The Morgan fingerprint density at radius 1 is 0.789 bits per heavy atom. The lowest BCUT2D eigenvalue weighted by atomic mass is 9.77. The third kappa shape index (κ3) is 5.68. The quantitative estimate of drug-likeness (QED) is 0.348. The van der Waals surface area contributed by atoms with Crippen molar-refractivity contribution in [3.63, 3.8) is 0 Å². The van der Waals surface area contributed by atoms with E-state index in [0.29, 0.717) is 12.1 Å². The van der Waals surface area contributed by atoms with Crippen LogP contribution in [-0.4, -0.2) is 18.7 Å². The Hall–Kier alpha value is -3.06. The summed E-state index contributed by atoms with van der Waals surface area (Å²) in [5.41, 5.74) is -8.25. The van der Waals surface area contributed by atoms with E-state index in [0.717, 1.165) is 11.0 Å². The molecule has 38 heavy (non-hydrogen) atoms. The highest BCUT2D eigenvalue weighted by atomic mass is 19.4. The number of nitrogens with zero attached hydrogens (tertiary/aromatic N) is 1. The van der Waals surface area contributed by atoms with E-state index in [-0.39, 0.29) is 31.2 Å². The number of benzene rings is 2. The highest BCUT2D eigenvalue weighted by molar-refractivity contribution is 5.90. The summed E-state index contributed by atoms with van der Waals surface area (Å²) in [6, 6.07) is -0.125. The molecule has 3 nitrogen and oxygen atoms in total. The van der Waals surface area contributed by atoms with Gasteiger partial charge >= 0.3 is 24.6 Å². The number of rotatable bonds is 4. The van der Waals surface area contributed by atoms with Crippen LogP contribution in [0.2, 0.25) is 0 Å². The second-order valence-corrected chi connectivity index (χ2v) is 8.61. The molecule has 1 amide bonds. The van der Waals surface area contributed by atoms with Crippen LogP contribution in [-0.2, 0) is 29.2 Å². The largest absolute Gasteiger partial charge is 0.449 e. The molecule has 1 aliphatic heterocycles. The highest BCUT2D eigenvalue weighted by Gasteiger charge is 2.51. The molecule has 1 heterocycles. The van der Waals surface area contributed by atoms with Gasteiger partial charge in [0.25, 0.3) is 5.92 Å². The first-order valence-corrected chi connectivity index (χ1v) is 11.2. The number of alkyl halides is 11. The number of carbonyl (C=O) groups excluding carboxylic acids is 1. The van der Waals surface area contributed by atoms with E-state index in [1.165, 1.54) is 13.8 Å². The van der Waals surface area contributed by atoms with Gasteiger partial charge in [-0.15, -0.1) is 0 Å². The minimum Gasteiger partial charge on any atom is -0.449 e. The maximum Gasteiger partial charge on any atom is 0.416 e. The summed E-state index contributed by atoms with van der Waals surface area (Å²) >= 11 is 0. The molecule has 210 valence electrons. The Balaban J connectivity index is 2.29. The zero-order valence-corrected chi connectivity index (χ0v) is 19.7. The lowest BCUT2D eigenvalue weighted by molar-refractivity contribution is -0.144. The van der Waals surface area contributed by atoms with Crippen molar-refractivity contribution in [3.05, 3.63) is 64.2 Å². The van der Waals surface area contributed by atoms with Gasteiger partial charge in [-0.2, -0.15) is 39.5 Å². The number of carbonyl (C=O) groups is 1. The molecular weight excluding hydrogens is 543 g/mol. The number of anilines is 1. The van der Waals surface area contributed by atoms with Crippen LogP contribution in [0.15, 0.2) is 36.4 Å². The fraction of sp³-hybridized carbons (Fsp3) is 0.458. The van der Waals surface area contributed by atoms with E-state index < -0.39 is 82.4 Å². The predicted octanol–water partition coefficient (Wildman–Crippen LogP) is 8.76. The minimum atomic E-state index is -5.42. The van der Waals surface area contributed by atoms with Gasteiger partial charge in [0.1, 0.15) is 0 Å². The Morgan fingerprint density at radius 3 is 1.74 bits per heavy atom. The number of fused-ring (bicyclic) bond motifs is 1. The summed E-state index contributed by atoms with van der Waals surface area (Å²) in [6.07, 6.45) is -17.7. The SMILES string of the molecule is CCOC(=O)N1c2ccc(C(F)(F)F)cc2[C@@H](C(F)(F)c2cc(C(F)(F)F)cc(C(F)(F)F)c2)C[C@H]1CC. The molecule has 2 atom stereocenters. The number of hydrogen-bond donors (Lipinski definition) is 0. The van der Waals surface area contributed by atoms with Crippen LogP contribution in [0.4, 0.5) is 58.8 Å². The van der Waals surface area contributed by atoms with Gasteiger partial charge in [0.15, 0.2) is 0 Å². The van der Waals surface area contributed by atoms with Crippen LogP contribution in [0.25, 0.3) is 0 Å². The number of hydrogen-bond acceptors (Lipinski definition) is 2. The van der Waals surface area contributed by atoms with E-state index >= 15 is 8.78 Å². The topological polar surface area (TPSA) is 29.5 Å². The molecule has 0 fully saturated rings. The molecule has 0 bridgehead atoms. The highest BCUT2D eigenvalue weighted by Crippen LogP contribution is 2.53. The summed E-state index contributed by atoms with van der Waals surface area (Å²) in [5.74, 6) is -6.81. The van der Waals surface area contributed by atoms with E-state index in [1.807, 2.05) is 0 Å². The molecular formula is C24H20F11NO2. The van der Waals surface area contributed by atoms with E-state index in [9.17, 15) is 44.3 Å². The first-order chi connectivity index (χ1) is 17.3. The molecule has 0 unspecified atom stereocenters. The molecule has 0 aromatic heterocycles. The second-order valence-electron chi connectivity index (χ2n) is 8.61. The molecule has 0 saturated carbocycles. The maximum atomic E-state index is 15.9. The molecule has 14 heteroatoms. The number of halogens is 11. The van der Waals surface area contributed by atoms with Crippen molar-refractivity contribution in [2.75, 3.05) is 11.5 Å². The molecule has 0 radical (unpaired) electrons. The van der Waals surface area contributed by atoms with Crippen molar-refractivity contribution in [3.8, 4) is 0 Å². The molecule has 3 rings (SSSR count). The van der Waals surface area contributed by atoms with Gasteiger partial charge in [-0.25, -0.2) is 13.6 Å². The Morgan fingerprint density at radius 2 is 1.29 bits per heavy atom. The monoisotopic (exact) mass is 563 g/mol. The summed E-state index contributed by atoms with van der Waals surface area (Å²) in [7, 11) is 0. The summed E-state index contributed by atoms with van der Waals surface area (Å²) in [4.78, 5) is 13.5. The lowest BCUT2D eigenvalue weighted by Crippen LogP contribution is -2.47. The van der Waals surface area contributed by atoms with Crippen LogP contribution in [0.1, 0.15) is 60.4 Å². The van der Waals surface area contributed by atoms with Crippen molar-refractivity contribution >= 4 is 11.8 Å². The molecule has 1 aliphatic rings. The van der Waals surface area contributed by atoms with Gasteiger partial charge in [0, 0.05) is 11.6 Å². The van der Waals surface area contributed by atoms with Crippen LogP contribution < -0.4 is 4.90 Å². The van der Waals surface area contributed by atoms with Crippen molar-refractivity contribution in [2.45, 2.75) is 63.1 Å². The molecule has 0 spiro atoms. The zero-order valence-electron chi connectivity index (χ0n) is 19.7. The predicted molar refractivity (Wildman–Crippen MR) is 113 cm³/mol. The van der Waals surface area contributed by atoms with Gasteiger partial charge in [0.2, 0.25) is 0 Å². The van der Waals surface area contributed by atoms with E-state index in [1.54, 1.807) is 0 Å². The number of ether oxygens (including phenoxy) is 1. The van der Waals surface area contributed by atoms with E-state index in [4.69, 9.17) is 4.74 Å². The van der Waals surface area contributed by atoms with Crippen LogP contribution >= 0.6 is 0 Å². The molecule has 2 aromatic rings. The normalized spacial score (nSPS) is 18.8. The van der Waals surface area contributed by atoms with Gasteiger partial charge in [-0.1, -0.05) is 6.92 Å². The maximum absolute atomic E-state index is 15.9. The third-order valence-corrected chi connectivity index (χ3v) is 6.21. The molecule has 0 N–H and O–H groups in total. The van der Waals surface area contributed by atoms with Crippen molar-refractivity contribution < 1.29 is 57.8 Å². The molecule has 2 aromatic carbocycles. The second kappa shape index (κ2) is 9.92. The van der Waals surface area contributed by atoms with Gasteiger partial charge < -0.3 is 4.74 Å². The summed E-state index contributed by atoms with van der Waals surface area (Å²) in [6.45, 7) is 2.73. The van der Waals surface area contributed by atoms with Crippen LogP contribution in [0.5, 0.6) is 0 Å². The Labute approximate surface area is 209 Å². The fourth-order valence-electron chi connectivity index (χ4n) is 4.41. The smallest absolute Gasteiger partial charge is 0.416 e. The summed E-state index contributed by atoms with van der Waals surface area (Å²) < 4.78 is 157. The van der Waals surface area contributed by atoms with E-state index in [2.05, 4.69) is 0 Å². The molecule has 0 aliphatic carbocycles. The van der Waals surface area contributed by atoms with Crippen LogP contribution in [0.3, 0.4) is 0 Å². The lowest BCUT2D eigenvalue weighted by Gasteiger charge is -2.42. The Bertz CT molecular complexity index is 1150. The van der Waals surface area contributed by atoms with Crippen molar-refractivity contribution in [1.29, 1.82) is 0 Å². The Kier molecular flexibility index (Phi) is 7.70. The van der Waals surface area contributed by atoms with Crippen molar-refractivity contribution in [1.82, 2.24) is 0 Å². The first kappa shape index (κ1) is 29.5.